The second-order valence-corrected chi connectivity index (χ2v) is 6.96. The zero-order valence-corrected chi connectivity index (χ0v) is 15.6. The molecule has 0 unspecified atom stereocenters. The molecule has 7 nitrogen and oxygen atoms in total. The molecule has 2 aromatic heterocycles. The van der Waals surface area contributed by atoms with Gasteiger partial charge in [0.05, 0.1) is 17.9 Å². The highest BCUT2D eigenvalue weighted by Crippen LogP contribution is 2.26. The number of carboxylic acid groups (broad SMARTS) is 1. The predicted molar refractivity (Wildman–Crippen MR) is 105 cm³/mol. The molecule has 1 fully saturated rings. The van der Waals surface area contributed by atoms with Crippen LogP contribution in [0.4, 0.5) is 11.6 Å². The minimum atomic E-state index is -1.01. The third-order valence-corrected chi connectivity index (χ3v) is 4.90. The molecule has 27 heavy (non-hydrogen) atoms. The van der Waals surface area contributed by atoms with Crippen LogP contribution in [0, 0.1) is 0 Å². The molecule has 1 aliphatic rings. The highest BCUT2D eigenvalue weighted by molar-refractivity contribution is 5.90. The molecule has 0 radical (unpaired) electrons. The second-order valence-electron chi connectivity index (χ2n) is 6.96. The normalized spacial score (nSPS) is 14.7. The van der Waals surface area contributed by atoms with Crippen LogP contribution in [-0.4, -0.2) is 52.4 Å². The van der Waals surface area contributed by atoms with Crippen molar-refractivity contribution in [2.45, 2.75) is 38.1 Å². The third kappa shape index (κ3) is 4.95. The lowest BCUT2D eigenvalue weighted by atomic mass is 9.95. The molecule has 0 atom stereocenters. The fourth-order valence-electron chi connectivity index (χ4n) is 3.37. The number of aliphatic hydroxyl groups is 1. The Hall–Kier alpha value is -2.67. The molecule has 0 aliphatic heterocycles. The molecule has 2 aromatic rings. The van der Waals surface area contributed by atoms with E-state index in [1.807, 2.05) is 12.1 Å². The number of aromatic nitrogens is 2. The lowest BCUT2D eigenvalue weighted by molar-refractivity contribution is 0.0697. The number of pyridine rings is 2. The van der Waals surface area contributed by atoms with Gasteiger partial charge in [-0.3, -0.25) is 0 Å². The van der Waals surface area contributed by atoms with Crippen molar-refractivity contribution in [3.8, 4) is 11.3 Å². The average Bonchev–Trinajstić information content (AvgIpc) is 2.69. The molecule has 0 saturated heterocycles. The summed E-state index contributed by atoms with van der Waals surface area (Å²) in [5, 5.41) is 22.1. The van der Waals surface area contributed by atoms with E-state index in [9.17, 15) is 9.90 Å². The van der Waals surface area contributed by atoms with Crippen LogP contribution in [0.5, 0.6) is 0 Å². The predicted octanol–water partition coefficient (Wildman–Crippen LogP) is 3.01. The van der Waals surface area contributed by atoms with Crippen molar-refractivity contribution in [3.63, 3.8) is 0 Å². The Morgan fingerprint density at radius 3 is 2.74 bits per heavy atom. The van der Waals surface area contributed by atoms with E-state index in [0.29, 0.717) is 24.1 Å². The summed E-state index contributed by atoms with van der Waals surface area (Å²) in [6.07, 6.45) is 7.78. The number of nitrogens with zero attached hydrogens (tertiary/aromatic N) is 3. The van der Waals surface area contributed by atoms with Crippen molar-refractivity contribution in [3.05, 3.63) is 36.0 Å². The Morgan fingerprint density at radius 1 is 1.26 bits per heavy atom. The SMILES string of the molecule is CN(CCO)c1cc(C(=O)O)cc(-c2ccnc(NC3CCCCC3)c2)n1. The standard InChI is InChI=1S/C20H26N4O3/c1-24(9-10-25)19-13-15(20(26)27)11-17(23-19)14-7-8-21-18(12-14)22-16-5-3-2-4-6-16/h7-8,11-13,16,25H,2-6,9-10H2,1H3,(H,21,22)(H,26,27). The molecule has 0 amide bonds. The van der Waals surface area contributed by atoms with E-state index in [1.54, 1.807) is 24.2 Å². The van der Waals surface area contributed by atoms with E-state index in [-0.39, 0.29) is 12.2 Å². The summed E-state index contributed by atoms with van der Waals surface area (Å²) in [4.78, 5) is 22.3. The first-order chi connectivity index (χ1) is 13.1. The molecule has 0 spiro atoms. The quantitative estimate of drug-likeness (QED) is 0.689. The molecular weight excluding hydrogens is 344 g/mol. The van der Waals surface area contributed by atoms with Gasteiger partial charge in [0, 0.05) is 31.4 Å². The number of rotatable bonds is 7. The summed E-state index contributed by atoms with van der Waals surface area (Å²) < 4.78 is 0. The molecule has 3 rings (SSSR count). The van der Waals surface area contributed by atoms with Gasteiger partial charge in [0.25, 0.3) is 0 Å². The van der Waals surface area contributed by atoms with E-state index in [0.717, 1.165) is 24.2 Å². The highest BCUT2D eigenvalue weighted by Gasteiger charge is 2.15. The number of aliphatic hydroxyl groups excluding tert-OH is 1. The van der Waals surface area contributed by atoms with E-state index in [4.69, 9.17) is 5.11 Å². The van der Waals surface area contributed by atoms with Gasteiger partial charge >= 0.3 is 5.97 Å². The summed E-state index contributed by atoms with van der Waals surface area (Å²) in [6, 6.07) is 7.27. The molecule has 3 N–H and O–H groups in total. The van der Waals surface area contributed by atoms with Crippen LogP contribution in [0.15, 0.2) is 30.5 Å². The second kappa shape index (κ2) is 8.81. The number of carboxylic acids is 1. The van der Waals surface area contributed by atoms with E-state index in [2.05, 4.69) is 15.3 Å². The van der Waals surface area contributed by atoms with Gasteiger partial charge in [-0.2, -0.15) is 0 Å². The third-order valence-electron chi connectivity index (χ3n) is 4.90. The Morgan fingerprint density at radius 2 is 2.04 bits per heavy atom. The fourth-order valence-corrected chi connectivity index (χ4v) is 3.37. The number of likely N-dealkylation sites (N-methyl/N-ethyl adjacent to an activating group) is 1. The first kappa shape index (κ1) is 19.1. The van der Waals surface area contributed by atoms with Crippen molar-refractivity contribution in [2.75, 3.05) is 30.4 Å². The summed E-state index contributed by atoms with van der Waals surface area (Å²) in [6.45, 7) is 0.343. The molecule has 1 saturated carbocycles. The first-order valence-electron chi connectivity index (χ1n) is 9.37. The average molecular weight is 370 g/mol. The topological polar surface area (TPSA) is 98.6 Å². The number of nitrogens with one attached hydrogen (secondary N) is 1. The van der Waals surface area contributed by atoms with Gasteiger partial charge < -0.3 is 20.4 Å². The summed E-state index contributed by atoms with van der Waals surface area (Å²) in [5.74, 6) is 0.289. The zero-order valence-electron chi connectivity index (χ0n) is 15.6. The summed E-state index contributed by atoms with van der Waals surface area (Å²) in [5.41, 5.74) is 1.55. The molecule has 144 valence electrons. The Kier molecular flexibility index (Phi) is 6.24. The Balaban J connectivity index is 1.90. The van der Waals surface area contributed by atoms with E-state index < -0.39 is 5.97 Å². The van der Waals surface area contributed by atoms with Crippen LogP contribution in [0.25, 0.3) is 11.3 Å². The van der Waals surface area contributed by atoms with Crippen LogP contribution >= 0.6 is 0 Å². The van der Waals surface area contributed by atoms with Gasteiger partial charge in [-0.05, 0) is 37.1 Å². The number of anilines is 2. The van der Waals surface area contributed by atoms with Gasteiger partial charge in [0.2, 0.25) is 0 Å². The minimum absolute atomic E-state index is 0.0322. The van der Waals surface area contributed by atoms with Gasteiger partial charge in [0.1, 0.15) is 11.6 Å². The maximum atomic E-state index is 11.5. The molecule has 2 heterocycles. The zero-order chi connectivity index (χ0) is 19.2. The van der Waals surface area contributed by atoms with Gasteiger partial charge in [0.15, 0.2) is 0 Å². The highest BCUT2D eigenvalue weighted by atomic mass is 16.4. The minimum Gasteiger partial charge on any atom is -0.478 e. The maximum Gasteiger partial charge on any atom is 0.335 e. The number of carbonyl (C=O) groups is 1. The molecule has 1 aliphatic carbocycles. The monoisotopic (exact) mass is 370 g/mol. The van der Waals surface area contributed by atoms with Crippen LogP contribution < -0.4 is 10.2 Å². The lowest BCUT2D eigenvalue weighted by Crippen LogP contribution is -2.23. The Labute approximate surface area is 159 Å². The van der Waals surface area contributed by atoms with Gasteiger partial charge in [-0.15, -0.1) is 0 Å². The number of aromatic carboxylic acids is 1. The van der Waals surface area contributed by atoms with Crippen LogP contribution in [0.3, 0.4) is 0 Å². The van der Waals surface area contributed by atoms with Crippen molar-refractivity contribution in [2.24, 2.45) is 0 Å². The number of hydrogen-bond donors (Lipinski definition) is 3. The smallest absolute Gasteiger partial charge is 0.335 e. The molecule has 0 bridgehead atoms. The Bertz CT molecular complexity index is 791. The lowest BCUT2D eigenvalue weighted by Gasteiger charge is -2.23. The molecule has 7 heteroatoms. The number of hydrogen-bond acceptors (Lipinski definition) is 6. The van der Waals surface area contributed by atoms with E-state index >= 15 is 0 Å². The van der Waals surface area contributed by atoms with Gasteiger partial charge in [-0.1, -0.05) is 19.3 Å². The molecular formula is C20H26N4O3. The first-order valence-corrected chi connectivity index (χ1v) is 9.37. The fraction of sp³-hybridized carbons (Fsp3) is 0.450. The van der Waals surface area contributed by atoms with Crippen LogP contribution in [-0.2, 0) is 0 Å². The van der Waals surface area contributed by atoms with Gasteiger partial charge in [-0.25, -0.2) is 14.8 Å². The van der Waals surface area contributed by atoms with Crippen molar-refractivity contribution in [1.29, 1.82) is 0 Å². The van der Waals surface area contributed by atoms with Crippen molar-refractivity contribution >= 4 is 17.6 Å². The van der Waals surface area contributed by atoms with Crippen molar-refractivity contribution in [1.82, 2.24) is 9.97 Å². The van der Waals surface area contributed by atoms with E-state index in [1.165, 1.54) is 25.3 Å². The summed E-state index contributed by atoms with van der Waals surface area (Å²) in [7, 11) is 1.77. The largest absolute Gasteiger partial charge is 0.478 e. The maximum absolute atomic E-state index is 11.5. The summed E-state index contributed by atoms with van der Waals surface area (Å²) >= 11 is 0. The molecule has 0 aromatic carbocycles. The van der Waals surface area contributed by atoms with Crippen molar-refractivity contribution < 1.29 is 15.0 Å². The van der Waals surface area contributed by atoms with Crippen LogP contribution in [0.2, 0.25) is 0 Å². The van der Waals surface area contributed by atoms with Crippen LogP contribution in [0.1, 0.15) is 42.5 Å².